The summed E-state index contributed by atoms with van der Waals surface area (Å²) in [6, 6.07) is 48.0. The monoisotopic (exact) mass is 581 g/mol. The highest BCUT2D eigenvalue weighted by Crippen LogP contribution is 2.42. The van der Waals surface area contributed by atoms with Crippen LogP contribution in [0.1, 0.15) is 0 Å². The van der Waals surface area contributed by atoms with Crippen molar-refractivity contribution in [3.8, 4) is 45.3 Å². The van der Waals surface area contributed by atoms with Crippen molar-refractivity contribution in [3.63, 3.8) is 0 Å². The summed E-state index contributed by atoms with van der Waals surface area (Å²) in [6.45, 7) is 0. The van der Waals surface area contributed by atoms with E-state index in [0.29, 0.717) is 17.5 Å². The molecule has 0 amide bonds. The molecule has 0 aliphatic heterocycles. The van der Waals surface area contributed by atoms with Gasteiger partial charge in [-0.3, -0.25) is 0 Å². The van der Waals surface area contributed by atoms with Crippen LogP contribution in [0.2, 0.25) is 0 Å². The van der Waals surface area contributed by atoms with Gasteiger partial charge in [0, 0.05) is 47.6 Å². The average molecular weight is 582 g/mol. The van der Waals surface area contributed by atoms with E-state index < -0.39 is 0 Å². The Hall–Kier alpha value is -5.65. The lowest BCUT2D eigenvalue weighted by molar-refractivity contribution is 0.669. The van der Waals surface area contributed by atoms with E-state index in [1.54, 1.807) is 0 Å². The molecule has 0 aliphatic carbocycles. The Bertz CT molecular complexity index is 2440. The van der Waals surface area contributed by atoms with E-state index in [0.717, 1.165) is 49.8 Å². The van der Waals surface area contributed by atoms with Crippen molar-refractivity contribution < 1.29 is 4.42 Å². The Morgan fingerprint density at radius 2 is 1.00 bits per heavy atom. The highest BCUT2D eigenvalue weighted by atomic mass is 32.1. The standard InChI is InChI=1S/C39H23N3OS/c1-3-11-24(12-4-1)37-40-38(25-13-5-2-6-14-25)42-39(41-37)27-21-31(36-30-16-7-9-17-32(30)43-33(36)22-27)26-19-20-29-28-15-8-10-18-34(28)44-35(29)23-26/h1-23H. The molecule has 206 valence electrons. The first-order valence-electron chi connectivity index (χ1n) is 14.5. The average Bonchev–Trinajstić information content (AvgIpc) is 3.66. The van der Waals surface area contributed by atoms with Gasteiger partial charge in [-0.05, 0) is 41.5 Å². The van der Waals surface area contributed by atoms with Gasteiger partial charge in [0.05, 0.1) is 0 Å². The van der Waals surface area contributed by atoms with Gasteiger partial charge in [-0.2, -0.15) is 0 Å². The number of aromatic nitrogens is 3. The van der Waals surface area contributed by atoms with E-state index in [9.17, 15) is 0 Å². The molecular formula is C39H23N3OS. The first-order valence-corrected chi connectivity index (χ1v) is 15.3. The van der Waals surface area contributed by atoms with Gasteiger partial charge in [-0.1, -0.05) is 109 Å². The van der Waals surface area contributed by atoms with Crippen LogP contribution in [0, 0.1) is 0 Å². The van der Waals surface area contributed by atoms with Crippen molar-refractivity contribution >= 4 is 53.4 Å². The Balaban J connectivity index is 1.31. The van der Waals surface area contributed by atoms with Crippen molar-refractivity contribution in [2.75, 3.05) is 0 Å². The quantitative estimate of drug-likeness (QED) is 0.207. The first-order chi connectivity index (χ1) is 21.8. The number of benzene rings is 6. The molecule has 0 aliphatic rings. The fraction of sp³-hybridized carbons (Fsp3) is 0. The van der Waals surface area contributed by atoms with Crippen LogP contribution in [0.5, 0.6) is 0 Å². The molecule has 9 aromatic rings. The number of fused-ring (bicyclic) bond motifs is 6. The van der Waals surface area contributed by atoms with Gasteiger partial charge in [-0.25, -0.2) is 15.0 Å². The maximum atomic E-state index is 6.47. The Kier molecular flexibility index (Phi) is 5.64. The fourth-order valence-corrected chi connectivity index (χ4v) is 7.19. The van der Waals surface area contributed by atoms with Gasteiger partial charge in [0.25, 0.3) is 0 Å². The van der Waals surface area contributed by atoms with Crippen LogP contribution in [-0.2, 0) is 0 Å². The highest BCUT2D eigenvalue weighted by molar-refractivity contribution is 7.25. The minimum atomic E-state index is 0.601. The molecule has 0 N–H and O–H groups in total. The zero-order valence-electron chi connectivity index (χ0n) is 23.4. The normalized spacial score (nSPS) is 11.6. The number of hydrogen-bond acceptors (Lipinski definition) is 5. The van der Waals surface area contributed by atoms with Gasteiger partial charge in [0.2, 0.25) is 0 Å². The van der Waals surface area contributed by atoms with E-state index in [1.807, 2.05) is 84.1 Å². The van der Waals surface area contributed by atoms with E-state index in [1.165, 1.54) is 20.2 Å². The molecule has 0 bridgehead atoms. The van der Waals surface area contributed by atoms with Crippen molar-refractivity contribution in [2.24, 2.45) is 0 Å². The van der Waals surface area contributed by atoms with Crippen LogP contribution in [0.25, 0.3) is 87.4 Å². The Labute approximate surface area is 256 Å². The lowest BCUT2D eigenvalue weighted by Gasteiger charge is -2.11. The topological polar surface area (TPSA) is 51.8 Å². The maximum Gasteiger partial charge on any atom is 0.164 e. The number of hydrogen-bond donors (Lipinski definition) is 0. The summed E-state index contributed by atoms with van der Waals surface area (Å²) in [4.78, 5) is 14.9. The largest absolute Gasteiger partial charge is 0.456 e. The molecule has 3 aromatic heterocycles. The van der Waals surface area contributed by atoms with E-state index in [4.69, 9.17) is 19.4 Å². The summed E-state index contributed by atoms with van der Waals surface area (Å²) in [5.74, 6) is 1.86. The minimum Gasteiger partial charge on any atom is -0.456 e. The molecule has 4 nitrogen and oxygen atoms in total. The van der Waals surface area contributed by atoms with Crippen molar-refractivity contribution in [3.05, 3.63) is 140 Å². The number of nitrogens with zero attached hydrogens (tertiary/aromatic N) is 3. The third-order valence-electron chi connectivity index (χ3n) is 8.13. The predicted octanol–water partition coefficient (Wildman–Crippen LogP) is 10.8. The molecule has 0 unspecified atom stereocenters. The van der Waals surface area contributed by atoms with Gasteiger partial charge in [0.15, 0.2) is 17.5 Å². The zero-order valence-corrected chi connectivity index (χ0v) is 24.3. The summed E-state index contributed by atoms with van der Waals surface area (Å²) >= 11 is 1.82. The maximum absolute atomic E-state index is 6.47. The number of thiophene rings is 1. The predicted molar refractivity (Wildman–Crippen MR) is 182 cm³/mol. The Morgan fingerprint density at radius 3 is 1.73 bits per heavy atom. The summed E-state index contributed by atoms with van der Waals surface area (Å²) < 4.78 is 9.02. The Morgan fingerprint density at radius 1 is 0.409 bits per heavy atom. The minimum absolute atomic E-state index is 0.601. The van der Waals surface area contributed by atoms with Crippen molar-refractivity contribution in [1.29, 1.82) is 0 Å². The molecular weight excluding hydrogens is 559 g/mol. The molecule has 0 spiro atoms. The molecule has 0 atom stereocenters. The SMILES string of the molecule is c1ccc(-c2nc(-c3ccccc3)nc(-c3cc(-c4ccc5c(c4)sc4ccccc45)c4c(c3)oc3ccccc34)n2)cc1. The van der Waals surface area contributed by atoms with Crippen LogP contribution in [0.15, 0.2) is 144 Å². The summed E-state index contributed by atoms with van der Waals surface area (Å²) in [6.07, 6.45) is 0. The summed E-state index contributed by atoms with van der Waals surface area (Å²) in [5.41, 5.74) is 6.63. The molecule has 3 heterocycles. The molecule has 0 saturated carbocycles. The van der Waals surface area contributed by atoms with Gasteiger partial charge in [-0.15, -0.1) is 11.3 Å². The van der Waals surface area contributed by atoms with Gasteiger partial charge >= 0.3 is 0 Å². The third kappa shape index (κ3) is 4.09. The lowest BCUT2D eigenvalue weighted by atomic mass is 9.96. The van der Waals surface area contributed by atoms with Gasteiger partial charge < -0.3 is 4.42 Å². The molecule has 0 saturated heterocycles. The molecule has 0 fully saturated rings. The number of furan rings is 1. The fourth-order valence-electron chi connectivity index (χ4n) is 6.04. The van der Waals surface area contributed by atoms with Crippen molar-refractivity contribution in [1.82, 2.24) is 15.0 Å². The number of para-hydroxylation sites is 1. The lowest BCUT2D eigenvalue weighted by Crippen LogP contribution is -2.00. The first kappa shape index (κ1) is 24.9. The van der Waals surface area contributed by atoms with Crippen LogP contribution in [0.3, 0.4) is 0 Å². The smallest absolute Gasteiger partial charge is 0.164 e. The van der Waals surface area contributed by atoms with Crippen LogP contribution in [0.4, 0.5) is 0 Å². The van der Waals surface area contributed by atoms with Gasteiger partial charge in [0.1, 0.15) is 11.2 Å². The summed E-state index contributed by atoms with van der Waals surface area (Å²) in [7, 11) is 0. The second-order valence-electron chi connectivity index (χ2n) is 10.8. The van der Waals surface area contributed by atoms with E-state index >= 15 is 0 Å². The van der Waals surface area contributed by atoms with Crippen molar-refractivity contribution in [2.45, 2.75) is 0 Å². The molecule has 9 rings (SSSR count). The number of rotatable bonds is 4. The second kappa shape index (κ2) is 9.97. The van der Waals surface area contributed by atoms with Crippen LogP contribution >= 0.6 is 11.3 Å². The molecule has 5 heteroatoms. The molecule has 0 radical (unpaired) electrons. The molecule has 6 aromatic carbocycles. The molecule has 44 heavy (non-hydrogen) atoms. The van der Waals surface area contributed by atoms with E-state index in [2.05, 4.69) is 66.7 Å². The summed E-state index contributed by atoms with van der Waals surface area (Å²) in [5, 5.41) is 4.74. The van der Waals surface area contributed by atoms with E-state index in [-0.39, 0.29) is 0 Å². The highest BCUT2D eigenvalue weighted by Gasteiger charge is 2.19. The van der Waals surface area contributed by atoms with Crippen LogP contribution in [-0.4, -0.2) is 15.0 Å². The second-order valence-corrected chi connectivity index (χ2v) is 11.9. The van der Waals surface area contributed by atoms with Crippen LogP contribution < -0.4 is 0 Å². The third-order valence-corrected chi connectivity index (χ3v) is 9.26. The zero-order chi connectivity index (χ0) is 29.0.